The fourth-order valence-electron chi connectivity index (χ4n) is 2.03. The van der Waals surface area contributed by atoms with Gasteiger partial charge in [-0.2, -0.15) is 0 Å². The van der Waals surface area contributed by atoms with E-state index in [4.69, 9.17) is 23.2 Å². The van der Waals surface area contributed by atoms with Gasteiger partial charge in [-0.3, -0.25) is 4.79 Å². The van der Waals surface area contributed by atoms with E-state index in [1.807, 2.05) is 24.3 Å². The summed E-state index contributed by atoms with van der Waals surface area (Å²) in [6.45, 7) is 6.46. The van der Waals surface area contributed by atoms with Gasteiger partial charge in [-0.05, 0) is 46.9 Å². The molecule has 0 atom stereocenters. The molecule has 0 spiro atoms. The molecule has 0 aliphatic rings. The number of rotatable bonds is 3. The molecule has 0 aliphatic carbocycles. The summed E-state index contributed by atoms with van der Waals surface area (Å²) in [5.74, 6) is -0.195. The minimum atomic E-state index is -0.195. The van der Waals surface area contributed by atoms with Crippen LogP contribution in [-0.4, -0.2) is 5.91 Å². The van der Waals surface area contributed by atoms with Crippen molar-refractivity contribution >= 4 is 40.9 Å². The van der Waals surface area contributed by atoms with Crippen LogP contribution in [-0.2, 0) is 10.2 Å². The lowest BCUT2D eigenvalue weighted by atomic mass is 9.87. The van der Waals surface area contributed by atoms with Gasteiger partial charge in [-0.25, -0.2) is 0 Å². The standard InChI is InChI=1S/C19H19Cl2NO/c1-19(2,3)14-6-8-15(9-7-14)22-18(23)11-5-13-4-10-16(20)17(21)12-13/h4-12H,1-3H3,(H,22,23)/b11-5+. The number of benzene rings is 2. The molecule has 0 aliphatic heterocycles. The molecule has 0 unspecified atom stereocenters. The predicted octanol–water partition coefficient (Wildman–Crippen LogP) is 5.94. The molecule has 0 heterocycles. The molecule has 23 heavy (non-hydrogen) atoms. The van der Waals surface area contributed by atoms with Gasteiger partial charge in [0.25, 0.3) is 0 Å². The maximum atomic E-state index is 12.0. The second kappa shape index (κ2) is 7.20. The molecule has 2 aromatic rings. The zero-order valence-electron chi connectivity index (χ0n) is 13.4. The van der Waals surface area contributed by atoms with E-state index >= 15 is 0 Å². The van der Waals surface area contributed by atoms with Crippen LogP contribution in [0.4, 0.5) is 5.69 Å². The van der Waals surface area contributed by atoms with Gasteiger partial charge in [0.1, 0.15) is 0 Å². The van der Waals surface area contributed by atoms with E-state index in [0.29, 0.717) is 10.0 Å². The lowest BCUT2D eigenvalue weighted by Gasteiger charge is -2.19. The van der Waals surface area contributed by atoms with Crippen molar-refractivity contribution in [1.29, 1.82) is 0 Å². The summed E-state index contributed by atoms with van der Waals surface area (Å²) < 4.78 is 0. The van der Waals surface area contributed by atoms with Crippen LogP contribution in [0, 0.1) is 0 Å². The minimum absolute atomic E-state index is 0.0935. The highest BCUT2D eigenvalue weighted by molar-refractivity contribution is 6.42. The molecule has 120 valence electrons. The third-order valence-corrected chi connectivity index (χ3v) is 4.13. The maximum absolute atomic E-state index is 12.0. The van der Waals surface area contributed by atoms with Crippen LogP contribution < -0.4 is 5.32 Å². The number of amides is 1. The summed E-state index contributed by atoms with van der Waals surface area (Å²) in [6.07, 6.45) is 3.16. The number of anilines is 1. The van der Waals surface area contributed by atoms with Crippen LogP contribution in [0.3, 0.4) is 0 Å². The molecule has 4 heteroatoms. The van der Waals surface area contributed by atoms with E-state index in [9.17, 15) is 4.79 Å². The lowest BCUT2D eigenvalue weighted by molar-refractivity contribution is -0.111. The molecule has 2 rings (SSSR count). The monoisotopic (exact) mass is 347 g/mol. The first-order valence-electron chi connectivity index (χ1n) is 7.30. The Morgan fingerprint density at radius 2 is 1.65 bits per heavy atom. The van der Waals surface area contributed by atoms with Gasteiger partial charge in [0, 0.05) is 11.8 Å². The Balaban J connectivity index is 2.01. The van der Waals surface area contributed by atoms with Crippen LogP contribution >= 0.6 is 23.2 Å². The number of hydrogen-bond acceptors (Lipinski definition) is 1. The topological polar surface area (TPSA) is 29.1 Å². The Morgan fingerprint density at radius 3 is 2.22 bits per heavy atom. The fraction of sp³-hybridized carbons (Fsp3) is 0.211. The Kier molecular flexibility index (Phi) is 5.51. The van der Waals surface area contributed by atoms with Gasteiger partial charge in [0.05, 0.1) is 10.0 Å². The molecule has 2 nitrogen and oxygen atoms in total. The Labute approximate surface area is 147 Å². The minimum Gasteiger partial charge on any atom is -0.323 e. The van der Waals surface area contributed by atoms with E-state index in [1.54, 1.807) is 24.3 Å². The fourth-order valence-corrected chi connectivity index (χ4v) is 2.33. The second-order valence-corrected chi connectivity index (χ2v) is 7.14. The highest BCUT2D eigenvalue weighted by Crippen LogP contribution is 2.24. The van der Waals surface area contributed by atoms with Crippen molar-refractivity contribution in [2.75, 3.05) is 5.32 Å². The maximum Gasteiger partial charge on any atom is 0.248 e. The average Bonchev–Trinajstić information content (AvgIpc) is 2.48. The van der Waals surface area contributed by atoms with E-state index < -0.39 is 0 Å². The summed E-state index contributed by atoms with van der Waals surface area (Å²) in [5, 5.41) is 3.79. The highest BCUT2D eigenvalue weighted by Gasteiger charge is 2.12. The summed E-state index contributed by atoms with van der Waals surface area (Å²) in [5.41, 5.74) is 2.90. The predicted molar refractivity (Wildman–Crippen MR) is 99.3 cm³/mol. The van der Waals surface area contributed by atoms with E-state index in [2.05, 4.69) is 26.1 Å². The number of nitrogens with one attached hydrogen (secondary N) is 1. The van der Waals surface area contributed by atoms with Crippen molar-refractivity contribution in [3.63, 3.8) is 0 Å². The molecule has 0 saturated heterocycles. The van der Waals surface area contributed by atoms with Crippen LogP contribution in [0.15, 0.2) is 48.5 Å². The molecule has 0 bridgehead atoms. The van der Waals surface area contributed by atoms with E-state index in [0.717, 1.165) is 11.3 Å². The largest absolute Gasteiger partial charge is 0.323 e. The van der Waals surface area contributed by atoms with Crippen molar-refractivity contribution in [3.05, 3.63) is 69.7 Å². The SMILES string of the molecule is CC(C)(C)c1ccc(NC(=O)/C=C/c2ccc(Cl)c(Cl)c2)cc1. The second-order valence-electron chi connectivity index (χ2n) is 6.32. The summed E-state index contributed by atoms with van der Waals surface area (Å²) in [7, 11) is 0. The lowest BCUT2D eigenvalue weighted by Crippen LogP contribution is -2.12. The van der Waals surface area contributed by atoms with Crippen molar-refractivity contribution in [2.24, 2.45) is 0 Å². The van der Waals surface area contributed by atoms with Crippen LogP contribution in [0.2, 0.25) is 10.0 Å². The van der Waals surface area contributed by atoms with Crippen molar-refractivity contribution in [3.8, 4) is 0 Å². The first kappa shape index (κ1) is 17.6. The molecule has 0 saturated carbocycles. The van der Waals surface area contributed by atoms with Gasteiger partial charge < -0.3 is 5.32 Å². The summed E-state index contributed by atoms with van der Waals surface area (Å²) >= 11 is 11.8. The van der Waals surface area contributed by atoms with Crippen molar-refractivity contribution in [2.45, 2.75) is 26.2 Å². The smallest absolute Gasteiger partial charge is 0.248 e. The molecule has 2 aromatic carbocycles. The number of carbonyl (C=O) groups is 1. The summed E-state index contributed by atoms with van der Waals surface area (Å²) in [4.78, 5) is 12.0. The Morgan fingerprint density at radius 1 is 1.00 bits per heavy atom. The van der Waals surface area contributed by atoms with Gasteiger partial charge in [0.15, 0.2) is 0 Å². The van der Waals surface area contributed by atoms with Crippen molar-refractivity contribution in [1.82, 2.24) is 0 Å². The molecule has 1 amide bonds. The molecule has 1 N–H and O–H groups in total. The van der Waals surface area contributed by atoms with Crippen molar-refractivity contribution < 1.29 is 4.79 Å². The molecule has 0 fully saturated rings. The van der Waals surface area contributed by atoms with Crippen LogP contribution in [0.25, 0.3) is 6.08 Å². The van der Waals surface area contributed by atoms with Crippen LogP contribution in [0.1, 0.15) is 31.9 Å². The average molecular weight is 348 g/mol. The number of carbonyl (C=O) groups excluding carboxylic acids is 1. The third-order valence-electron chi connectivity index (χ3n) is 3.39. The molecular weight excluding hydrogens is 329 g/mol. The molecular formula is C19H19Cl2NO. The van der Waals surface area contributed by atoms with E-state index in [-0.39, 0.29) is 11.3 Å². The normalized spacial score (nSPS) is 11.7. The molecule has 0 aromatic heterocycles. The van der Waals surface area contributed by atoms with Gasteiger partial charge in [-0.1, -0.05) is 62.2 Å². The van der Waals surface area contributed by atoms with Crippen LogP contribution in [0.5, 0.6) is 0 Å². The zero-order chi connectivity index (χ0) is 17.0. The number of hydrogen-bond donors (Lipinski definition) is 1. The van der Waals surface area contributed by atoms with Gasteiger partial charge in [-0.15, -0.1) is 0 Å². The summed E-state index contributed by atoms with van der Waals surface area (Å²) in [6, 6.07) is 13.1. The first-order valence-corrected chi connectivity index (χ1v) is 8.06. The molecule has 0 radical (unpaired) electrons. The first-order chi connectivity index (χ1) is 10.8. The third kappa shape index (κ3) is 5.12. The highest BCUT2D eigenvalue weighted by atomic mass is 35.5. The number of halogens is 2. The Hall–Kier alpha value is -1.77. The quantitative estimate of drug-likeness (QED) is 0.683. The van der Waals surface area contributed by atoms with Gasteiger partial charge in [0.2, 0.25) is 5.91 Å². The Bertz CT molecular complexity index is 728. The van der Waals surface area contributed by atoms with E-state index in [1.165, 1.54) is 11.6 Å². The van der Waals surface area contributed by atoms with Gasteiger partial charge >= 0.3 is 0 Å². The zero-order valence-corrected chi connectivity index (χ0v) is 14.9.